The van der Waals surface area contributed by atoms with Crippen LogP contribution in [0.5, 0.6) is 5.75 Å². The Morgan fingerprint density at radius 2 is 2.15 bits per heavy atom. The van der Waals surface area contributed by atoms with Gasteiger partial charge in [-0.2, -0.15) is 0 Å². The largest absolute Gasteiger partial charge is 1.00 e. The fourth-order valence-corrected chi connectivity index (χ4v) is 0.858. The molecule has 1 rings (SSSR count). The topological polar surface area (TPSA) is 50.1 Å². The first-order chi connectivity index (χ1) is 5.65. The summed E-state index contributed by atoms with van der Waals surface area (Å²) in [5.41, 5.74) is 6.72. The molecule has 0 spiro atoms. The normalized spacial score (nSPS) is 8.77. The van der Waals surface area contributed by atoms with Gasteiger partial charge in [0.25, 0.3) is 0 Å². The number of hydrogen-bond donors (Lipinski definition) is 0. The van der Waals surface area contributed by atoms with Crippen LogP contribution >= 0.6 is 0 Å². The number of rotatable bonds is 2. The van der Waals surface area contributed by atoms with Crippen LogP contribution in [0.15, 0.2) is 18.2 Å². The molecule has 1 N–H and O–H groups in total. The Labute approximate surface area is 87.2 Å². The third-order valence-electron chi connectivity index (χ3n) is 1.41. The molecule has 3 nitrogen and oxygen atoms in total. The van der Waals surface area contributed by atoms with Crippen LogP contribution in [0.2, 0.25) is 0 Å². The number of benzene rings is 1. The predicted molar refractivity (Wildman–Crippen MR) is 41.6 cm³/mol. The minimum absolute atomic E-state index is 0. The number of hydrogen-bond acceptors (Lipinski definition) is 2. The van der Waals surface area contributed by atoms with Gasteiger partial charge in [-0.05, 0) is 18.2 Å². The first-order valence-corrected chi connectivity index (χ1v) is 3.24. The van der Waals surface area contributed by atoms with Gasteiger partial charge in [0.1, 0.15) is 11.6 Å². The Kier molecular flexibility index (Phi) is 4.53. The van der Waals surface area contributed by atoms with E-state index < -0.39 is 11.7 Å². The molecule has 0 atom stereocenters. The molecule has 0 saturated carbocycles. The van der Waals surface area contributed by atoms with Crippen molar-refractivity contribution in [2.45, 2.75) is 0 Å². The molecule has 13 heavy (non-hydrogen) atoms. The first-order valence-electron chi connectivity index (χ1n) is 3.24. The second-order valence-corrected chi connectivity index (χ2v) is 2.17. The molecule has 0 heterocycles. The van der Waals surface area contributed by atoms with E-state index in [1.807, 2.05) is 0 Å². The van der Waals surface area contributed by atoms with E-state index in [1.165, 1.54) is 19.2 Å². The summed E-state index contributed by atoms with van der Waals surface area (Å²) in [6, 6.07) is 3.47. The van der Waals surface area contributed by atoms with Gasteiger partial charge in [0.2, 0.25) is 0 Å². The van der Waals surface area contributed by atoms with Crippen molar-refractivity contribution in [3.05, 3.63) is 35.3 Å². The summed E-state index contributed by atoms with van der Waals surface area (Å²) in [6.07, 6.45) is 0. The molecule has 0 aliphatic heterocycles. The maximum absolute atomic E-state index is 12.6. The number of nitrogens with one attached hydrogen (secondary N) is 1. The van der Waals surface area contributed by atoms with Crippen molar-refractivity contribution in [2.75, 3.05) is 7.11 Å². The van der Waals surface area contributed by atoms with Crippen molar-refractivity contribution in [2.24, 2.45) is 0 Å². The molecule has 64 valence electrons. The van der Waals surface area contributed by atoms with Crippen molar-refractivity contribution in [3.63, 3.8) is 0 Å². The Morgan fingerprint density at radius 3 is 2.62 bits per heavy atom. The smallest absolute Gasteiger partial charge is 0.663 e. The van der Waals surface area contributed by atoms with Gasteiger partial charge in [-0.1, -0.05) is 0 Å². The van der Waals surface area contributed by atoms with Crippen LogP contribution in [0.25, 0.3) is 5.73 Å². The van der Waals surface area contributed by atoms with Crippen LogP contribution in [0, 0.1) is 5.82 Å². The molecule has 1 aromatic rings. The van der Waals surface area contributed by atoms with Crippen molar-refractivity contribution in [1.82, 2.24) is 0 Å². The molecule has 1 aromatic carbocycles. The van der Waals surface area contributed by atoms with E-state index in [0.717, 1.165) is 6.07 Å². The minimum atomic E-state index is -0.952. The predicted octanol–water partition coefficient (Wildman–Crippen LogP) is -0.969. The number of halogens is 1. The number of ether oxygens (including phenoxy) is 1. The average molecular weight is 175 g/mol. The second kappa shape index (κ2) is 4.90. The van der Waals surface area contributed by atoms with Gasteiger partial charge >= 0.3 is 18.9 Å². The van der Waals surface area contributed by atoms with Crippen LogP contribution in [0.4, 0.5) is 4.39 Å². The second-order valence-electron chi connectivity index (χ2n) is 2.17. The number of amides is 1. The fourth-order valence-electron chi connectivity index (χ4n) is 0.858. The Morgan fingerprint density at radius 1 is 1.54 bits per heavy atom. The van der Waals surface area contributed by atoms with Crippen LogP contribution in [-0.2, 0) is 0 Å². The molecule has 5 heteroatoms. The molecule has 0 radical (unpaired) electrons. The van der Waals surface area contributed by atoms with Crippen LogP contribution in [-0.4, -0.2) is 13.0 Å². The van der Waals surface area contributed by atoms with Gasteiger partial charge in [-0.25, -0.2) is 4.39 Å². The molecule has 0 saturated heterocycles. The van der Waals surface area contributed by atoms with Crippen LogP contribution in [0.3, 0.4) is 0 Å². The van der Waals surface area contributed by atoms with E-state index in [2.05, 4.69) is 0 Å². The third-order valence-corrected chi connectivity index (χ3v) is 1.41. The van der Waals surface area contributed by atoms with Gasteiger partial charge < -0.3 is 15.3 Å². The number of carbonyl (C=O) groups is 1. The molecule has 1 amide bonds. The Balaban J connectivity index is 0.00000144. The molecule has 0 unspecified atom stereocenters. The summed E-state index contributed by atoms with van der Waals surface area (Å²) in [6.45, 7) is 0. The first kappa shape index (κ1) is 12.0. The Hall–Kier alpha value is -0.983. The summed E-state index contributed by atoms with van der Waals surface area (Å²) < 4.78 is 17.3. The summed E-state index contributed by atoms with van der Waals surface area (Å²) in [4.78, 5) is 10.6. The Bertz CT molecular complexity index is 317. The summed E-state index contributed by atoms with van der Waals surface area (Å²) >= 11 is 0. The van der Waals surface area contributed by atoms with E-state index in [9.17, 15) is 9.18 Å². The molecular weight excluding hydrogens is 168 g/mol. The summed E-state index contributed by atoms with van der Waals surface area (Å²) in [7, 11) is 1.36. The maximum atomic E-state index is 12.6. The SMILES string of the molecule is COc1ccc(F)cc1C([NH-])=O.[Li+]. The average Bonchev–Trinajstić information content (AvgIpc) is 2.04. The quantitative estimate of drug-likeness (QED) is 0.543. The number of methoxy groups -OCH3 is 1. The van der Waals surface area contributed by atoms with Crippen molar-refractivity contribution in [1.29, 1.82) is 0 Å². The summed E-state index contributed by atoms with van der Waals surface area (Å²) in [5.74, 6) is -1.28. The van der Waals surface area contributed by atoms with Crippen molar-refractivity contribution < 1.29 is 32.8 Å². The van der Waals surface area contributed by atoms with Crippen molar-refractivity contribution >= 4 is 5.91 Å². The standard InChI is InChI=1S/C8H8FNO2.Li/c1-12-7-3-2-5(9)4-6(7)8(10)11;/h2-4H,1H3,(H2,10,11);/q;+1/p-1. The monoisotopic (exact) mass is 175 g/mol. The van der Waals surface area contributed by atoms with Gasteiger partial charge in [-0.3, -0.25) is 0 Å². The molecule has 0 fully saturated rings. The van der Waals surface area contributed by atoms with E-state index in [1.54, 1.807) is 0 Å². The van der Waals surface area contributed by atoms with Gasteiger partial charge in [0.05, 0.1) is 13.0 Å². The van der Waals surface area contributed by atoms with Crippen molar-refractivity contribution in [3.8, 4) is 5.75 Å². The molecule has 0 aromatic heterocycles. The van der Waals surface area contributed by atoms with Crippen LogP contribution in [0.1, 0.15) is 10.4 Å². The zero-order valence-electron chi connectivity index (χ0n) is 7.43. The molecule has 0 aliphatic carbocycles. The zero-order valence-corrected chi connectivity index (χ0v) is 7.43. The fraction of sp³-hybridized carbons (Fsp3) is 0.125. The van der Waals surface area contributed by atoms with E-state index >= 15 is 0 Å². The van der Waals surface area contributed by atoms with Gasteiger partial charge in [0, 0.05) is 5.56 Å². The van der Waals surface area contributed by atoms with E-state index in [4.69, 9.17) is 10.5 Å². The summed E-state index contributed by atoms with van der Waals surface area (Å²) in [5, 5.41) is 0. The maximum Gasteiger partial charge on any atom is 1.00 e. The number of carbonyl (C=O) groups excluding carboxylic acids is 1. The third kappa shape index (κ3) is 2.76. The molecule has 0 bridgehead atoms. The zero-order chi connectivity index (χ0) is 9.14. The molecular formula is C8H7FLiNO2. The van der Waals surface area contributed by atoms with Gasteiger partial charge in [0.15, 0.2) is 0 Å². The molecule has 0 aliphatic rings. The minimum Gasteiger partial charge on any atom is -0.663 e. The van der Waals surface area contributed by atoms with Crippen LogP contribution < -0.4 is 23.6 Å². The van der Waals surface area contributed by atoms with E-state index in [-0.39, 0.29) is 30.2 Å². The van der Waals surface area contributed by atoms with Gasteiger partial charge in [-0.15, -0.1) is 0 Å². The van der Waals surface area contributed by atoms with E-state index in [0.29, 0.717) is 0 Å².